The van der Waals surface area contributed by atoms with E-state index >= 15 is 0 Å². The first-order valence-electron chi connectivity index (χ1n) is 4.07. The molecule has 0 heterocycles. The first-order chi connectivity index (χ1) is 6.66. The van der Waals surface area contributed by atoms with E-state index in [0.717, 1.165) is 5.56 Å². The van der Waals surface area contributed by atoms with Crippen molar-refractivity contribution in [2.45, 2.75) is 9.65 Å². The molecule has 0 radical (unpaired) electrons. The van der Waals surface area contributed by atoms with E-state index < -0.39 is 0 Å². The Labute approximate surface area is 99.9 Å². The van der Waals surface area contributed by atoms with Gasteiger partial charge in [0.25, 0.3) is 0 Å². The molecule has 0 aliphatic rings. The van der Waals surface area contributed by atoms with Crippen molar-refractivity contribution in [3.05, 3.63) is 35.9 Å². The van der Waals surface area contributed by atoms with Crippen molar-refractivity contribution in [1.29, 1.82) is 0 Å². The van der Waals surface area contributed by atoms with Crippen LogP contribution < -0.4 is 0 Å². The molecular weight excluding hydrogens is 312 g/mol. The smallest absolute Gasteiger partial charge is 0.320 e. The molecule has 0 aliphatic heterocycles. The van der Waals surface area contributed by atoms with Crippen LogP contribution in [0.5, 0.6) is 0 Å². The summed E-state index contributed by atoms with van der Waals surface area (Å²) < 4.78 is 4.64. The topological polar surface area (TPSA) is 26.3 Å². The largest absolute Gasteiger partial charge is 0.468 e. The van der Waals surface area contributed by atoms with Crippen molar-refractivity contribution < 1.29 is 9.53 Å². The summed E-state index contributed by atoms with van der Waals surface area (Å²) in [5.41, 5.74) is 1.04. The third-order valence-corrected chi connectivity index (χ3v) is 4.47. The Morgan fingerprint density at radius 2 is 1.86 bits per heavy atom. The highest BCUT2D eigenvalue weighted by molar-refractivity contribution is 9.12. The molecule has 0 N–H and O–H groups in total. The van der Waals surface area contributed by atoms with Gasteiger partial charge in [0, 0.05) is 0 Å². The fourth-order valence-electron chi connectivity index (χ4n) is 1.04. The number of carbonyl (C=O) groups excluding carboxylic acids is 1. The maximum Gasteiger partial charge on any atom is 0.320 e. The van der Waals surface area contributed by atoms with Crippen molar-refractivity contribution >= 4 is 37.8 Å². The summed E-state index contributed by atoms with van der Waals surface area (Å²) in [6.07, 6.45) is 0. The minimum Gasteiger partial charge on any atom is -0.468 e. The zero-order valence-electron chi connectivity index (χ0n) is 7.61. The third kappa shape index (κ3) is 2.82. The summed E-state index contributed by atoms with van der Waals surface area (Å²) in [5.74, 6) is -0.282. The van der Waals surface area contributed by atoms with Crippen LogP contribution in [0.15, 0.2) is 30.3 Å². The molecule has 2 nitrogen and oxygen atoms in total. The lowest BCUT2D eigenvalue weighted by Crippen LogP contribution is -2.20. The van der Waals surface area contributed by atoms with Crippen LogP contribution in [0.4, 0.5) is 0 Å². The normalized spacial score (nSPS) is 14.5. The van der Waals surface area contributed by atoms with Crippen LogP contribution in [-0.2, 0) is 9.53 Å². The van der Waals surface area contributed by atoms with E-state index in [0.29, 0.717) is 0 Å². The predicted octanol–water partition coefficient (Wildman–Crippen LogP) is 3.06. The molecule has 1 aromatic carbocycles. The molecule has 0 saturated carbocycles. The van der Waals surface area contributed by atoms with E-state index in [9.17, 15) is 4.79 Å². The van der Waals surface area contributed by atoms with Crippen molar-refractivity contribution in [2.24, 2.45) is 0 Å². The Kier molecular flexibility index (Phi) is 4.62. The molecule has 0 spiro atoms. The lowest BCUT2D eigenvalue weighted by Gasteiger charge is -2.14. The van der Waals surface area contributed by atoms with Gasteiger partial charge in [0.05, 0.1) is 11.9 Å². The summed E-state index contributed by atoms with van der Waals surface area (Å²) in [5, 5.41) is 0. The van der Waals surface area contributed by atoms with E-state index in [2.05, 4.69) is 36.6 Å². The number of carbonyl (C=O) groups is 1. The zero-order chi connectivity index (χ0) is 10.6. The van der Waals surface area contributed by atoms with E-state index in [1.54, 1.807) is 0 Å². The van der Waals surface area contributed by atoms with Gasteiger partial charge >= 0.3 is 5.97 Å². The Hall–Kier alpha value is -0.350. The molecule has 1 aromatic rings. The Balaban J connectivity index is 2.75. The maximum atomic E-state index is 11.2. The van der Waals surface area contributed by atoms with Gasteiger partial charge in [-0.1, -0.05) is 62.2 Å². The van der Waals surface area contributed by atoms with Gasteiger partial charge in [-0.25, -0.2) is 0 Å². The van der Waals surface area contributed by atoms with Crippen LogP contribution in [0.2, 0.25) is 0 Å². The highest BCUT2D eigenvalue weighted by Gasteiger charge is 2.25. The van der Waals surface area contributed by atoms with E-state index in [-0.39, 0.29) is 15.6 Å². The first-order valence-corrected chi connectivity index (χ1v) is 5.91. The number of rotatable bonds is 3. The van der Waals surface area contributed by atoms with Crippen LogP contribution in [0.25, 0.3) is 0 Å². The number of esters is 1. The standard InChI is InChI=1S/C10H10Br2O2/c1-14-10(13)9(12)8(11)7-5-3-2-4-6-7/h2-6,8-9H,1H3/t8-,9+/m1/s1. The van der Waals surface area contributed by atoms with Gasteiger partial charge in [-0.05, 0) is 5.56 Å². The molecular formula is C10H10Br2O2. The van der Waals surface area contributed by atoms with Gasteiger partial charge in [-0.3, -0.25) is 4.79 Å². The zero-order valence-corrected chi connectivity index (χ0v) is 10.8. The van der Waals surface area contributed by atoms with Crippen LogP contribution >= 0.6 is 31.9 Å². The van der Waals surface area contributed by atoms with Gasteiger partial charge < -0.3 is 4.74 Å². The maximum absolute atomic E-state index is 11.2. The Morgan fingerprint density at radius 1 is 1.29 bits per heavy atom. The second-order valence-electron chi connectivity index (χ2n) is 2.74. The van der Waals surface area contributed by atoms with Crippen LogP contribution in [0.1, 0.15) is 10.4 Å². The van der Waals surface area contributed by atoms with Gasteiger partial charge in [-0.15, -0.1) is 0 Å². The predicted molar refractivity (Wildman–Crippen MR) is 62.8 cm³/mol. The minimum atomic E-state index is -0.366. The quantitative estimate of drug-likeness (QED) is 0.632. The van der Waals surface area contributed by atoms with Crippen LogP contribution in [0, 0.1) is 0 Å². The SMILES string of the molecule is COC(=O)[C@@H](Br)[C@H](Br)c1ccccc1. The molecule has 14 heavy (non-hydrogen) atoms. The minimum absolute atomic E-state index is 0.0730. The van der Waals surface area contributed by atoms with Crippen LogP contribution in [0.3, 0.4) is 0 Å². The van der Waals surface area contributed by atoms with Gasteiger partial charge in [0.2, 0.25) is 0 Å². The number of ether oxygens (including phenoxy) is 1. The number of benzene rings is 1. The van der Waals surface area contributed by atoms with Crippen molar-refractivity contribution in [3.63, 3.8) is 0 Å². The Morgan fingerprint density at radius 3 is 2.36 bits per heavy atom. The molecule has 0 unspecified atom stereocenters. The number of alkyl halides is 2. The first kappa shape index (κ1) is 11.7. The number of hydrogen-bond acceptors (Lipinski definition) is 2. The number of hydrogen-bond donors (Lipinski definition) is 0. The number of halogens is 2. The van der Waals surface area contributed by atoms with Crippen molar-refractivity contribution in [3.8, 4) is 0 Å². The average Bonchev–Trinajstić information content (AvgIpc) is 2.27. The van der Waals surface area contributed by atoms with Gasteiger partial charge in [0.1, 0.15) is 4.83 Å². The molecule has 0 bridgehead atoms. The van der Waals surface area contributed by atoms with Gasteiger partial charge in [0.15, 0.2) is 0 Å². The molecule has 1 rings (SSSR count). The van der Waals surface area contributed by atoms with E-state index in [1.165, 1.54) is 7.11 Å². The lowest BCUT2D eigenvalue weighted by molar-refractivity contribution is -0.139. The van der Waals surface area contributed by atoms with Crippen molar-refractivity contribution in [1.82, 2.24) is 0 Å². The molecule has 76 valence electrons. The lowest BCUT2D eigenvalue weighted by atomic mass is 10.1. The van der Waals surface area contributed by atoms with Gasteiger partial charge in [-0.2, -0.15) is 0 Å². The Bertz CT molecular complexity index is 300. The average molecular weight is 322 g/mol. The highest BCUT2D eigenvalue weighted by atomic mass is 79.9. The van der Waals surface area contributed by atoms with Crippen LogP contribution in [-0.4, -0.2) is 17.9 Å². The summed E-state index contributed by atoms with van der Waals surface area (Å²) in [6.45, 7) is 0. The molecule has 2 atom stereocenters. The fourth-order valence-corrected chi connectivity index (χ4v) is 2.05. The molecule has 0 saturated heterocycles. The number of methoxy groups -OCH3 is 1. The summed E-state index contributed by atoms with van der Waals surface area (Å²) >= 11 is 6.73. The molecule has 0 fully saturated rings. The summed E-state index contributed by atoms with van der Waals surface area (Å²) in [6, 6.07) is 9.71. The summed E-state index contributed by atoms with van der Waals surface area (Å²) in [4.78, 5) is 10.8. The molecule has 4 heteroatoms. The monoisotopic (exact) mass is 320 g/mol. The molecule has 0 aromatic heterocycles. The highest BCUT2D eigenvalue weighted by Crippen LogP contribution is 2.31. The molecule has 0 amide bonds. The van der Waals surface area contributed by atoms with E-state index in [4.69, 9.17) is 0 Å². The second-order valence-corrected chi connectivity index (χ2v) is 4.71. The second kappa shape index (κ2) is 5.51. The molecule has 0 aliphatic carbocycles. The third-order valence-electron chi connectivity index (χ3n) is 1.80. The van der Waals surface area contributed by atoms with E-state index in [1.807, 2.05) is 30.3 Å². The van der Waals surface area contributed by atoms with Crippen molar-refractivity contribution in [2.75, 3.05) is 7.11 Å². The fraction of sp³-hybridized carbons (Fsp3) is 0.300. The summed E-state index contributed by atoms with van der Waals surface area (Å²) in [7, 11) is 1.38.